The predicted molar refractivity (Wildman–Crippen MR) is 86.9 cm³/mol. The predicted octanol–water partition coefficient (Wildman–Crippen LogP) is 4.32. The van der Waals surface area contributed by atoms with E-state index in [-0.39, 0.29) is 23.9 Å². The van der Waals surface area contributed by atoms with Crippen LogP contribution in [0.5, 0.6) is 0 Å². The molecule has 1 aromatic rings. The van der Waals surface area contributed by atoms with Gasteiger partial charge in [0.05, 0.1) is 22.8 Å². The van der Waals surface area contributed by atoms with Gasteiger partial charge < -0.3 is 10.6 Å². The van der Waals surface area contributed by atoms with E-state index in [0.717, 1.165) is 0 Å². The Kier molecular flexibility index (Phi) is 5.82. The van der Waals surface area contributed by atoms with Crippen LogP contribution >= 0.6 is 0 Å². The van der Waals surface area contributed by atoms with Crippen LogP contribution in [0.4, 0.5) is 35.9 Å². The normalized spacial score (nSPS) is 17.7. The maximum Gasteiger partial charge on any atom is 0.416 e. The molecule has 1 aromatic carbocycles. The molecule has 0 fully saturated rings. The van der Waals surface area contributed by atoms with Crippen LogP contribution in [-0.4, -0.2) is 23.5 Å². The molecule has 0 radical (unpaired) electrons. The summed E-state index contributed by atoms with van der Waals surface area (Å²) in [6.45, 7) is 2.76. The van der Waals surface area contributed by atoms with Crippen LogP contribution in [0.15, 0.2) is 29.5 Å². The standard InChI is InChI=1S/C17H14F6N4O2/c1-3-25-14(28)27-13(12(7-24)8(2)26-15(27)29)9-4-10(16(18,19)20)6-11(5-9)17(21,22)23/h4-6,13H,3H2,1-2H3,(H,25,28)(H,26,29). The molecule has 29 heavy (non-hydrogen) atoms. The molecular formula is C17H14F6N4O2. The molecule has 0 saturated heterocycles. The van der Waals surface area contributed by atoms with E-state index in [4.69, 9.17) is 0 Å². The molecule has 4 amide bonds. The van der Waals surface area contributed by atoms with Gasteiger partial charge in [-0.2, -0.15) is 31.6 Å². The van der Waals surface area contributed by atoms with Crippen LogP contribution in [0.25, 0.3) is 0 Å². The van der Waals surface area contributed by atoms with Crippen molar-refractivity contribution in [2.75, 3.05) is 6.54 Å². The number of alkyl halides is 6. The number of hydrogen-bond acceptors (Lipinski definition) is 3. The third-order valence-electron chi connectivity index (χ3n) is 4.04. The number of urea groups is 2. The maximum atomic E-state index is 13.2. The maximum absolute atomic E-state index is 13.2. The number of nitriles is 1. The second-order valence-corrected chi connectivity index (χ2v) is 6.03. The molecule has 1 unspecified atom stereocenters. The molecule has 6 nitrogen and oxygen atoms in total. The molecule has 0 spiro atoms. The number of carbonyl (C=O) groups is 2. The molecule has 2 N–H and O–H groups in total. The molecule has 2 rings (SSSR count). The van der Waals surface area contributed by atoms with E-state index in [1.165, 1.54) is 13.8 Å². The molecule has 1 aliphatic rings. The zero-order valence-electron chi connectivity index (χ0n) is 15.0. The first-order valence-electron chi connectivity index (χ1n) is 8.09. The van der Waals surface area contributed by atoms with Crippen molar-refractivity contribution in [1.29, 1.82) is 5.26 Å². The highest BCUT2D eigenvalue weighted by molar-refractivity contribution is 5.96. The van der Waals surface area contributed by atoms with Gasteiger partial charge in [-0.3, -0.25) is 0 Å². The lowest BCUT2D eigenvalue weighted by atomic mass is 9.92. The van der Waals surface area contributed by atoms with Crippen LogP contribution < -0.4 is 10.6 Å². The number of imide groups is 1. The third-order valence-corrected chi connectivity index (χ3v) is 4.04. The molecule has 1 atom stereocenters. The quantitative estimate of drug-likeness (QED) is 0.699. The Morgan fingerprint density at radius 1 is 1.17 bits per heavy atom. The number of benzene rings is 1. The van der Waals surface area contributed by atoms with Gasteiger partial charge in [0, 0.05) is 12.2 Å². The fraction of sp³-hybridized carbons (Fsp3) is 0.353. The summed E-state index contributed by atoms with van der Waals surface area (Å²) >= 11 is 0. The van der Waals surface area contributed by atoms with Crippen LogP contribution in [-0.2, 0) is 12.4 Å². The summed E-state index contributed by atoms with van der Waals surface area (Å²) in [5.41, 5.74) is -4.39. The third kappa shape index (κ3) is 4.44. The first-order chi connectivity index (χ1) is 13.3. The number of allylic oxidation sites excluding steroid dienone is 1. The Hall–Kier alpha value is -3.23. The zero-order chi connectivity index (χ0) is 22.1. The minimum Gasteiger partial charge on any atom is -0.338 e. The molecule has 0 aliphatic carbocycles. The summed E-state index contributed by atoms with van der Waals surface area (Å²) in [7, 11) is 0. The van der Waals surface area contributed by atoms with Gasteiger partial charge in [0.2, 0.25) is 0 Å². The van der Waals surface area contributed by atoms with Crippen LogP contribution in [0.1, 0.15) is 36.6 Å². The Morgan fingerprint density at radius 3 is 2.10 bits per heavy atom. The van der Waals surface area contributed by atoms with E-state index in [1.54, 1.807) is 6.07 Å². The smallest absolute Gasteiger partial charge is 0.338 e. The topological polar surface area (TPSA) is 85.2 Å². The van der Waals surface area contributed by atoms with E-state index >= 15 is 0 Å². The molecule has 0 saturated carbocycles. The lowest BCUT2D eigenvalue weighted by Crippen LogP contribution is -2.53. The fourth-order valence-electron chi connectivity index (χ4n) is 2.78. The first-order valence-corrected chi connectivity index (χ1v) is 8.09. The van der Waals surface area contributed by atoms with Gasteiger partial charge >= 0.3 is 24.4 Å². The van der Waals surface area contributed by atoms with Crippen molar-refractivity contribution in [3.05, 3.63) is 46.2 Å². The molecule has 12 heteroatoms. The lowest BCUT2D eigenvalue weighted by molar-refractivity contribution is -0.143. The van der Waals surface area contributed by atoms with Crippen molar-refractivity contribution in [2.24, 2.45) is 0 Å². The lowest BCUT2D eigenvalue weighted by Gasteiger charge is -2.35. The van der Waals surface area contributed by atoms with Crippen molar-refractivity contribution in [3.8, 4) is 6.07 Å². The number of hydrogen-bond donors (Lipinski definition) is 2. The van der Waals surface area contributed by atoms with Gasteiger partial charge in [0.1, 0.15) is 6.04 Å². The average molecular weight is 420 g/mol. The summed E-state index contributed by atoms with van der Waals surface area (Å²) in [5, 5.41) is 13.8. The Morgan fingerprint density at radius 2 is 1.69 bits per heavy atom. The molecule has 1 heterocycles. The monoisotopic (exact) mass is 420 g/mol. The second kappa shape index (κ2) is 7.65. The van der Waals surface area contributed by atoms with Crippen molar-refractivity contribution in [3.63, 3.8) is 0 Å². The van der Waals surface area contributed by atoms with Gasteiger partial charge in [-0.15, -0.1) is 0 Å². The highest BCUT2D eigenvalue weighted by Crippen LogP contribution is 2.41. The largest absolute Gasteiger partial charge is 0.416 e. The summed E-state index contributed by atoms with van der Waals surface area (Å²) in [6, 6.07) is -1.61. The number of nitrogens with one attached hydrogen (secondary N) is 2. The molecule has 0 bridgehead atoms. The van der Waals surface area contributed by atoms with E-state index in [2.05, 4.69) is 10.6 Å². The Bertz CT molecular complexity index is 882. The number of rotatable bonds is 2. The zero-order valence-corrected chi connectivity index (χ0v) is 15.0. The van der Waals surface area contributed by atoms with Gasteiger partial charge in [-0.25, -0.2) is 14.5 Å². The van der Waals surface area contributed by atoms with Crippen molar-refractivity contribution in [2.45, 2.75) is 32.2 Å². The number of carbonyl (C=O) groups excluding carboxylic acids is 2. The van der Waals surface area contributed by atoms with E-state index < -0.39 is 47.1 Å². The van der Waals surface area contributed by atoms with Crippen LogP contribution in [0.2, 0.25) is 0 Å². The SMILES string of the molecule is CCNC(=O)N1C(=O)NC(C)=C(C#N)C1c1cc(C(F)(F)F)cc(C(F)(F)F)c1. The van der Waals surface area contributed by atoms with Crippen LogP contribution in [0.3, 0.4) is 0 Å². The van der Waals surface area contributed by atoms with E-state index in [0.29, 0.717) is 17.0 Å². The van der Waals surface area contributed by atoms with Crippen molar-refractivity contribution >= 4 is 12.1 Å². The Labute approximate surface area is 160 Å². The van der Waals surface area contributed by atoms with Gasteiger partial charge in [0.25, 0.3) is 0 Å². The molecule has 1 aliphatic heterocycles. The van der Waals surface area contributed by atoms with Gasteiger partial charge in [0.15, 0.2) is 0 Å². The van der Waals surface area contributed by atoms with Crippen LogP contribution in [0, 0.1) is 11.3 Å². The molecular weight excluding hydrogens is 406 g/mol. The van der Waals surface area contributed by atoms with E-state index in [1.807, 2.05) is 0 Å². The Balaban J connectivity index is 2.81. The highest BCUT2D eigenvalue weighted by Gasteiger charge is 2.42. The summed E-state index contributed by atoms with van der Waals surface area (Å²) in [5.74, 6) is 0. The minimum atomic E-state index is -5.13. The fourth-order valence-corrected chi connectivity index (χ4v) is 2.78. The second-order valence-electron chi connectivity index (χ2n) is 6.03. The molecule has 0 aromatic heterocycles. The highest BCUT2D eigenvalue weighted by atomic mass is 19.4. The van der Waals surface area contributed by atoms with Gasteiger partial charge in [-0.1, -0.05) is 0 Å². The first kappa shape index (κ1) is 22.1. The average Bonchev–Trinajstić information content (AvgIpc) is 2.59. The minimum absolute atomic E-state index is 0.0241. The number of amides is 4. The summed E-state index contributed by atoms with van der Waals surface area (Å²) in [6.07, 6.45) is -10.3. The summed E-state index contributed by atoms with van der Waals surface area (Å²) < 4.78 is 79.2. The van der Waals surface area contributed by atoms with Crippen molar-refractivity contribution < 1.29 is 35.9 Å². The van der Waals surface area contributed by atoms with Gasteiger partial charge in [-0.05, 0) is 37.6 Å². The number of halogens is 6. The van der Waals surface area contributed by atoms with E-state index in [9.17, 15) is 41.2 Å². The summed E-state index contributed by atoms with van der Waals surface area (Å²) in [4.78, 5) is 25.0. The number of nitrogens with zero attached hydrogens (tertiary/aromatic N) is 2. The van der Waals surface area contributed by atoms with Crippen molar-refractivity contribution in [1.82, 2.24) is 15.5 Å². The molecule has 156 valence electrons.